The van der Waals surface area contributed by atoms with E-state index in [2.05, 4.69) is 51.6 Å². The molecule has 0 saturated carbocycles. The predicted molar refractivity (Wildman–Crippen MR) is 122 cm³/mol. The van der Waals surface area contributed by atoms with Gasteiger partial charge >= 0.3 is 6.03 Å². The van der Waals surface area contributed by atoms with Gasteiger partial charge in [-0.3, -0.25) is 0 Å². The molecule has 0 bridgehead atoms. The smallest absolute Gasteiger partial charge is 0.321 e. The van der Waals surface area contributed by atoms with Gasteiger partial charge in [-0.25, -0.2) is 4.79 Å². The summed E-state index contributed by atoms with van der Waals surface area (Å²) in [5.41, 5.74) is 3.92. The van der Waals surface area contributed by atoms with Crippen molar-refractivity contribution in [2.24, 2.45) is 0 Å². The summed E-state index contributed by atoms with van der Waals surface area (Å²) in [6.45, 7) is 4.98. The molecular weight excluding hydrogens is 406 g/mol. The van der Waals surface area contributed by atoms with E-state index in [1.807, 2.05) is 18.2 Å². The van der Waals surface area contributed by atoms with Crippen molar-refractivity contribution < 1.29 is 14.3 Å². The van der Waals surface area contributed by atoms with Gasteiger partial charge < -0.3 is 24.6 Å². The minimum atomic E-state index is -0.125. The number of aryl methyl sites for hydroxylation is 1. The Kier molecular flexibility index (Phi) is 5.49. The number of hydrogen-bond donors (Lipinski definition) is 1. The largest absolute Gasteiger partial charge is 0.454 e. The molecule has 1 N–H and O–H groups in total. The average molecular weight is 431 g/mol. The van der Waals surface area contributed by atoms with E-state index < -0.39 is 0 Å². The van der Waals surface area contributed by atoms with Crippen molar-refractivity contribution in [2.45, 2.75) is 13.3 Å². The minimum Gasteiger partial charge on any atom is -0.454 e. The van der Waals surface area contributed by atoms with Crippen LogP contribution >= 0.6 is 0 Å². The van der Waals surface area contributed by atoms with Crippen molar-refractivity contribution in [3.63, 3.8) is 0 Å². The van der Waals surface area contributed by atoms with Gasteiger partial charge in [-0.2, -0.15) is 0 Å². The van der Waals surface area contributed by atoms with Crippen molar-refractivity contribution >= 4 is 17.5 Å². The second-order valence-corrected chi connectivity index (χ2v) is 7.80. The van der Waals surface area contributed by atoms with Gasteiger partial charge in [0, 0.05) is 43.5 Å². The zero-order valence-corrected chi connectivity index (χ0v) is 18.0. The number of ether oxygens (including phenoxy) is 2. The third kappa shape index (κ3) is 4.16. The molecule has 164 valence electrons. The van der Waals surface area contributed by atoms with Crippen LogP contribution in [0.2, 0.25) is 0 Å². The Labute approximate surface area is 186 Å². The number of fused-ring (bicyclic) bond motifs is 1. The number of anilines is 2. The highest BCUT2D eigenvalue weighted by Gasteiger charge is 2.23. The Bertz CT molecular complexity index is 1090. The van der Waals surface area contributed by atoms with Gasteiger partial charge in [0.25, 0.3) is 0 Å². The first kappa shape index (κ1) is 20.1. The van der Waals surface area contributed by atoms with Gasteiger partial charge in [0.05, 0.1) is 5.69 Å². The summed E-state index contributed by atoms with van der Waals surface area (Å²) in [4.78, 5) is 16.6. The van der Waals surface area contributed by atoms with Gasteiger partial charge in [-0.1, -0.05) is 31.2 Å². The molecule has 5 rings (SSSR count). The zero-order chi connectivity index (χ0) is 21.9. The second kappa shape index (κ2) is 8.74. The molecule has 8 heteroatoms. The lowest BCUT2D eigenvalue weighted by Crippen LogP contribution is -2.50. The normalized spacial score (nSPS) is 15.0. The fraction of sp³-hybridized carbons (Fsp3) is 0.292. The van der Waals surface area contributed by atoms with Crippen molar-refractivity contribution in [1.82, 2.24) is 15.1 Å². The molecule has 3 heterocycles. The van der Waals surface area contributed by atoms with E-state index in [-0.39, 0.29) is 12.8 Å². The Morgan fingerprint density at radius 1 is 0.938 bits per heavy atom. The number of rotatable bonds is 4. The van der Waals surface area contributed by atoms with E-state index >= 15 is 0 Å². The van der Waals surface area contributed by atoms with Crippen LogP contribution in [-0.4, -0.2) is 54.1 Å². The quantitative estimate of drug-likeness (QED) is 0.677. The Balaban J connectivity index is 1.16. The van der Waals surface area contributed by atoms with Crippen molar-refractivity contribution in [2.75, 3.05) is 43.2 Å². The van der Waals surface area contributed by atoms with Crippen LogP contribution in [0.15, 0.2) is 54.6 Å². The number of aromatic nitrogens is 2. The maximum atomic E-state index is 12.7. The number of urea groups is 1. The molecule has 3 aromatic rings. The van der Waals surface area contributed by atoms with Crippen molar-refractivity contribution in [3.05, 3.63) is 60.2 Å². The third-order valence-electron chi connectivity index (χ3n) is 5.82. The summed E-state index contributed by atoms with van der Waals surface area (Å²) in [6.07, 6.45) is 1.02. The summed E-state index contributed by atoms with van der Waals surface area (Å²) in [6, 6.07) is 17.7. The summed E-state index contributed by atoms with van der Waals surface area (Å²) in [5.74, 6) is 2.17. The van der Waals surface area contributed by atoms with E-state index in [0.717, 1.165) is 23.5 Å². The highest BCUT2D eigenvalue weighted by atomic mass is 16.7. The SMILES string of the molecule is CCc1ccc(-c2ccc(N3CCN(C(=O)Nc4ccc5c(c4)OCO5)CC3)nn2)cc1. The van der Waals surface area contributed by atoms with E-state index in [1.165, 1.54) is 5.56 Å². The standard InChI is InChI=1S/C24H25N5O3/c1-2-17-3-5-18(6-4-17)20-8-10-23(27-26-20)28-11-13-29(14-12-28)24(30)25-19-7-9-21-22(15-19)32-16-31-21/h3-10,15H,2,11-14,16H2,1H3,(H,25,30). The van der Waals surface area contributed by atoms with Crippen LogP contribution < -0.4 is 19.7 Å². The summed E-state index contributed by atoms with van der Waals surface area (Å²) in [5, 5.41) is 11.8. The van der Waals surface area contributed by atoms with Crippen LogP contribution in [-0.2, 0) is 6.42 Å². The van der Waals surface area contributed by atoms with E-state index in [0.29, 0.717) is 43.4 Å². The van der Waals surface area contributed by atoms with E-state index in [1.54, 1.807) is 17.0 Å². The van der Waals surface area contributed by atoms with Crippen LogP contribution in [0.5, 0.6) is 11.5 Å². The van der Waals surface area contributed by atoms with E-state index in [9.17, 15) is 4.79 Å². The number of carbonyl (C=O) groups excluding carboxylic acids is 1. The van der Waals surface area contributed by atoms with E-state index in [4.69, 9.17) is 9.47 Å². The average Bonchev–Trinajstić information content (AvgIpc) is 3.32. The Morgan fingerprint density at radius 3 is 2.44 bits per heavy atom. The molecule has 8 nitrogen and oxygen atoms in total. The molecule has 2 aliphatic rings. The molecular formula is C24H25N5O3. The molecule has 0 radical (unpaired) electrons. The molecule has 2 amide bonds. The molecule has 32 heavy (non-hydrogen) atoms. The molecule has 1 aromatic heterocycles. The van der Waals surface area contributed by atoms with Gasteiger partial charge in [0.15, 0.2) is 17.3 Å². The molecule has 0 atom stereocenters. The summed E-state index contributed by atoms with van der Waals surface area (Å²) in [7, 11) is 0. The fourth-order valence-corrected chi connectivity index (χ4v) is 3.87. The molecule has 1 saturated heterocycles. The number of amides is 2. The number of benzene rings is 2. The minimum absolute atomic E-state index is 0.125. The van der Waals surface area contributed by atoms with Crippen LogP contribution in [0.3, 0.4) is 0 Å². The molecule has 2 aromatic carbocycles. The topological polar surface area (TPSA) is 79.8 Å². The highest BCUT2D eigenvalue weighted by molar-refractivity contribution is 5.90. The summed E-state index contributed by atoms with van der Waals surface area (Å²) < 4.78 is 10.7. The molecule has 0 spiro atoms. The van der Waals surface area contributed by atoms with Crippen LogP contribution in [0.25, 0.3) is 11.3 Å². The van der Waals surface area contributed by atoms with Crippen LogP contribution in [0, 0.1) is 0 Å². The number of hydrogen-bond acceptors (Lipinski definition) is 6. The number of carbonyl (C=O) groups is 1. The number of nitrogens with one attached hydrogen (secondary N) is 1. The van der Waals surface area contributed by atoms with Crippen molar-refractivity contribution in [1.29, 1.82) is 0 Å². The number of piperazine rings is 1. The lowest BCUT2D eigenvalue weighted by Gasteiger charge is -2.35. The van der Waals surface area contributed by atoms with Gasteiger partial charge in [0.1, 0.15) is 0 Å². The number of nitrogens with zero attached hydrogens (tertiary/aromatic N) is 4. The van der Waals surface area contributed by atoms with Gasteiger partial charge in [0.2, 0.25) is 6.79 Å². The Hall–Kier alpha value is -3.81. The lowest BCUT2D eigenvalue weighted by molar-refractivity contribution is 0.174. The predicted octanol–water partition coefficient (Wildman–Crippen LogP) is 3.79. The molecule has 0 aliphatic carbocycles. The molecule has 1 fully saturated rings. The third-order valence-corrected chi connectivity index (χ3v) is 5.82. The highest BCUT2D eigenvalue weighted by Crippen LogP contribution is 2.34. The first-order valence-electron chi connectivity index (χ1n) is 10.8. The lowest BCUT2D eigenvalue weighted by atomic mass is 10.1. The molecule has 0 unspecified atom stereocenters. The van der Waals surface area contributed by atoms with Crippen LogP contribution in [0.1, 0.15) is 12.5 Å². The maximum absolute atomic E-state index is 12.7. The molecule has 2 aliphatic heterocycles. The van der Waals surface area contributed by atoms with Gasteiger partial charge in [-0.15, -0.1) is 10.2 Å². The monoisotopic (exact) mass is 431 g/mol. The van der Waals surface area contributed by atoms with Gasteiger partial charge in [-0.05, 0) is 36.2 Å². The first-order chi connectivity index (χ1) is 15.7. The second-order valence-electron chi connectivity index (χ2n) is 7.80. The fourth-order valence-electron chi connectivity index (χ4n) is 3.87. The van der Waals surface area contributed by atoms with Crippen LogP contribution in [0.4, 0.5) is 16.3 Å². The summed E-state index contributed by atoms with van der Waals surface area (Å²) >= 11 is 0. The zero-order valence-electron chi connectivity index (χ0n) is 18.0. The maximum Gasteiger partial charge on any atom is 0.321 e. The van der Waals surface area contributed by atoms with Crippen molar-refractivity contribution in [3.8, 4) is 22.8 Å². The Morgan fingerprint density at radius 2 is 1.72 bits per heavy atom. The first-order valence-corrected chi connectivity index (χ1v) is 10.8.